The SMILES string of the molecule is CCC(=Nc1cccc(C(=O)OC)c1)SC. The third-order valence-corrected chi connectivity index (χ3v) is 2.91. The van der Waals surface area contributed by atoms with E-state index in [1.54, 1.807) is 30.0 Å². The molecule has 0 fully saturated rings. The molecule has 0 unspecified atom stereocenters. The van der Waals surface area contributed by atoms with Crippen molar-refractivity contribution in [2.24, 2.45) is 4.99 Å². The van der Waals surface area contributed by atoms with Crippen LogP contribution in [-0.2, 0) is 4.74 Å². The van der Waals surface area contributed by atoms with Crippen LogP contribution in [0.4, 0.5) is 5.69 Å². The Morgan fingerprint density at radius 2 is 2.25 bits per heavy atom. The molecule has 1 aromatic rings. The molecule has 3 nitrogen and oxygen atoms in total. The van der Waals surface area contributed by atoms with Crippen molar-refractivity contribution in [3.05, 3.63) is 29.8 Å². The lowest BCUT2D eigenvalue weighted by atomic mass is 10.2. The molecular weight excluding hydrogens is 222 g/mol. The molecule has 0 aliphatic carbocycles. The molecule has 0 aliphatic heterocycles. The number of carbonyl (C=O) groups excluding carboxylic acids is 1. The number of thioether (sulfide) groups is 1. The molecule has 16 heavy (non-hydrogen) atoms. The van der Waals surface area contributed by atoms with Gasteiger partial charge in [0.25, 0.3) is 0 Å². The van der Waals surface area contributed by atoms with Gasteiger partial charge in [-0.05, 0) is 30.9 Å². The highest BCUT2D eigenvalue weighted by Crippen LogP contribution is 2.18. The monoisotopic (exact) mass is 237 g/mol. The van der Waals surface area contributed by atoms with Gasteiger partial charge in [-0.15, -0.1) is 11.8 Å². The molecule has 0 saturated heterocycles. The maximum atomic E-state index is 11.3. The Morgan fingerprint density at radius 3 is 2.81 bits per heavy atom. The molecule has 1 aromatic carbocycles. The van der Waals surface area contributed by atoms with E-state index in [0.717, 1.165) is 17.2 Å². The summed E-state index contributed by atoms with van der Waals surface area (Å²) in [4.78, 5) is 15.8. The van der Waals surface area contributed by atoms with Crippen molar-refractivity contribution in [1.82, 2.24) is 0 Å². The van der Waals surface area contributed by atoms with Crippen molar-refractivity contribution in [3.63, 3.8) is 0 Å². The normalized spacial score (nSPS) is 11.3. The quantitative estimate of drug-likeness (QED) is 0.460. The van der Waals surface area contributed by atoms with Crippen molar-refractivity contribution in [2.45, 2.75) is 13.3 Å². The summed E-state index contributed by atoms with van der Waals surface area (Å²) >= 11 is 1.62. The number of benzene rings is 1. The molecule has 4 heteroatoms. The van der Waals surface area contributed by atoms with Crippen LogP contribution in [0.3, 0.4) is 0 Å². The van der Waals surface area contributed by atoms with Crippen molar-refractivity contribution >= 4 is 28.5 Å². The zero-order chi connectivity index (χ0) is 12.0. The van der Waals surface area contributed by atoms with Gasteiger partial charge in [0, 0.05) is 0 Å². The van der Waals surface area contributed by atoms with Crippen molar-refractivity contribution in [2.75, 3.05) is 13.4 Å². The Labute approximate surface area is 99.9 Å². The second kappa shape index (κ2) is 6.33. The van der Waals surface area contributed by atoms with Crippen molar-refractivity contribution < 1.29 is 9.53 Å². The maximum absolute atomic E-state index is 11.3. The van der Waals surface area contributed by atoms with E-state index in [1.807, 2.05) is 12.3 Å². The number of aliphatic imine (C=N–C) groups is 1. The van der Waals surface area contributed by atoms with Gasteiger partial charge in [0.05, 0.1) is 23.4 Å². The summed E-state index contributed by atoms with van der Waals surface area (Å²) in [6.45, 7) is 2.06. The van der Waals surface area contributed by atoms with Gasteiger partial charge in [-0.25, -0.2) is 9.79 Å². The van der Waals surface area contributed by atoms with Crippen LogP contribution in [-0.4, -0.2) is 24.4 Å². The summed E-state index contributed by atoms with van der Waals surface area (Å²) in [5, 5.41) is 1.04. The number of hydrogen-bond acceptors (Lipinski definition) is 4. The first-order valence-corrected chi connectivity index (χ1v) is 6.23. The molecule has 0 amide bonds. The number of ether oxygens (including phenoxy) is 1. The summed E-state index contributed by atoms with van der Waals surface area (Å²) in [6.07, 6.45) is 2.89. The summed E-state index contributed by atoms with van der Waals surface area (Å²) in [6, 6.07) is 7.13. The Balaban J connectivity index is 2.98. The molecule has 0 atom stereocenters. The van der Waals surface area contributed by atoms with Crippen LogP contribution in [0.5, 0.6) is 0 Å². The average molecular weight is 237 g/mol. The lowest BCUT2D eigenvalue weighted by Gasteiger charge is -2.02. The standard InChI is InChI=1S/C12H15NO2S/c1-4-11(16-3)13-10-7-5-6-9(8-10)12(14)15-2/h5-8H,4H2,1-3H3. The number of nitrogens with zero attached hydrogens (tertiary/aromatic N) is 1. The lowest BCUT2D eigenvalue weighted by Crippen LogP contribution is -2.00. The Hall–Kier alpha value is -1.29. The van der Waals surface area contributed by atoms with Crippen LogP contribution in [0, 0.1) is 0 Å². The Bertz CT molecular complexity index is 396. The van der Waals surface area contributed by atoms with E-state index in [-0.39, 0.29) is 5.97 Å². The zero-order valence-corrected chi connectivity index (χ0v) is 10.5. The fraction of sp³-hybridized carbons (Fsp3) is 0.333. The van der Waals surface area contributed by atoms with E-state index in [0.29, 0.717) is 5.56 Å². The summed E-state index contributed by atoms with van der Waals surface area (Å²) in [7, 11) is 1.37. The van der Waals surface area contributed by atoms with Crippen molar-refractivity contribution in [3.8, 4) is 0 Å². The van der Waals surface area contributed by atoms with E-state index in [9.17, 15) is 4.79 Å². The second-order valence-electron chi connectivity index (χ2n) is 3.11. The molecule has 0 bridgehead atoms. The number of esters is 1. The number of methoxy groups -OCH3 is 1. The lowest BCUT2D eigenvalue weighted by molar-refractivity contribution is 0.0601. The third-order valence-electron chi connectivity index (χ3n) is 2.06. The molecule has 0 N–H and O–H groups in total. The molecule has 0 spiro atoms. The summed E-state index contributed by atoms with van der Waals surface area (Å²) in [5.74, 6) is -0.334. The van der Waals surface area contributed by atoms with Gasteiger partial charge in [0.2, 0.25) is 0 Å². The molecule has 86 valence electrons. The fourth-order valence-electron chi connectivity index (χ4n) is 1.23. The van der Waals surface area contributed by atoms with Gasteiger partial charge in [-0.1, -0.05) is 13.0 Å². The number of rotatable bonds is 3. The van der Waals surface area contributed by atoms with Crippen molar-refractivity contribution in [1.29, 1.82) is 0 Å². The highest BCUT2D eigenvalue weighted by Gasteiger charge is 2.05. The van der Waals surface area contributed by atoms with Gasteiger partial charge in [-0.2, -0.15) is 0 Å². The van der Waals surface area contributed by atoms with Crippen LogP contribution >= 0.6 is 11.8 Å². The highest BCUT2D eigenvalue weighted by molar-refractivity contribution is 8.13. The van der Waals surface area contributed by atoms with Gasteiger partial charge in [0.1, 0.15) is 0 Å². The molecule has 0 radical (unpaired) electrons. The Kier molecular flexibility index (Phi) is 5.05. The highest BCUT2D eigenvalue weighted by atomic mass is 32.2. The number of carbonyl (C=O) groups is 1. The first-order valence-electron chi connectivity index (χ1n) is 5.01. The van der Waals surface area contributed by atoms with Gasteiger partial charge in [0.15, 0.2) is 0 Å². The first-order chi connectivity index (χ1) is 7.71. The molecule has 1 rings (SSSR count). The van der Waals surface area contributed by atoms with Gasteiger partial charge >= 0.3 is 5.97 Å². The van der Waals surface area contributed by atoms with E-state index >= 15 is 0 Å². The van der Waals surface area contributed by atoms with E-state index in [2.05, 4.69) is 16.7 Å². The van der Waals surface area contributed by atoms with Gasteiger partial charge in [-0.3, -0.25) is 0 Å². The minimum atomic E-state index is -0.334. The molecular formula is C12H15NO2S. The fourth-order valence-corrected chi connectivity index (χ4v) is 1.72. The minimum Gasteiger partial charge on any atom is -0.465 e. The number of hydrogen-bond donors (Lipinski definition) is 0. The Morgan fingerprint density at radius 1 is 1.50 bits per heavy atom. The van der Waals surface area contributed by atoms with Gasteiger partial charge < -0.3 is 4.74 Å². The van der Waals surface area contributed by atoms with E-state index < -0.39 is 0 Å². The topological polar surface area (TPSA) is 38.7 Å². The first kappa shape index (κ1) is 12.8. The largest absolute Gasteiger partial charge is 0.465 e. The molecule has 0 saturated carbocycles. The predicted molar refractivity (Wildman–Crippen MR) is 68.7 cm³/mol. The van der Waals surface area contributed by atoms with Crippen LogP contribution in [0.15, 0.2) is 29.3 Å². The van der Waals surface area contributed by atoms with Crippen LogP contribution in [0.1, 0.15) is 23.7 Å². The minimum absolute atomic E-state index is 0.334. The van der Waals surface area contributed by atoms with Crippen LogP contribution in [0.25, 0.3) is 0 Å². The summed E-state index contributed by atoms with van der Waals surface area (Å²) < 4.78 is 4.66. The molecule has 0 heterocycles. The smallest absolute Gasteiger partial charge is 0.337 e. The molecule has 0 aliphatic rings. The van der Waals surface area contributed by atoms with Crippen LogP contribution < -0.4 is 0 Å². The van der Waals surface area contributed by atoms with Crippen LogP contribution in [0.2, 0.25) is 0 Å². The zero-order valence-electron chi connectivity index (χ0n) is 9.69. The molecule has 0 aromatic heterocycles. The maximum Gasteiger partial charge on any atom is 0.337 e. The van der Waals surface area contributed by atoms with E-state index in [4.69, 9.17) is 0 Å². The second-order valence-corrected chi connectivity index (χ2v) is 3.98. The van der Waals surface area contributed by atoms with E-state index in [1.165, 1.54) is 7.11 Å². The average Bonchev–Trinajstić information content (AvgIpc) is 2.35. The summed E-state index contributed by atoms with van der Waals surface area (Å²) in [5.41, 5.74) is 1.31. The predicted octanol–water partition coefficient (Wildman–Crippen LogP) is 3.28. The third kappa shape index (κ3) is 3.38.